The van der Waals surface area contributed by atoms with E-state index in [0.29, 0.717) is 29.3 Å². The number of hydrogen-bond donors (Lipinski definition) is 1. The summed E-state index contributed by atoms with van der Waals surface area (Å²) in [6.45, 7) is 0.289. The second-order valence-corrected chi connectivity index (χ2v) is 9.62. The molecule has 0 fully saturated rings. The van der Waals surface area contributed by atoms with Crippen molar-refractivity contribution in [3.63, 3.8) is 0 Å². The highest BCUT2D eigenvalue weighted by atomic mass is 32.2. The first-order valence-corrected chi connectivity index (χ1v) is 11.8. The van der Waals surface area contributed by atoms with Gasteiger partial charge in [0, 0.05) is 19.2 Å². The van der Waals surface area contributed by atoms with E-state index in [9.17, 15) is 13.2 Å². The Balaban J connectivity index is 1.54. The summed E-state index contributed by atoms with van der Waals surface area (Å²) in [7, 11) is -2.03. The molecule has 5 rings (SSSR count). The molecule has 3 aromatic carbocycles. The second kappa shape index (κ2) is 7.89. The van der Waals surface area contributed by atoms with Gasteiger partial charge in [-0.3, -0.25) is 4.79 Å². The summed E-state index contributed by atoms with van der Waals surface area (Å²) in [5.41, 5.74) is 1.58. The highest BCUT2D eigenvalue weighted by Crippen LogP contribution is 2.26. The number of aromatic nitrogens is 2. The van der Waals surface area contributed by atoms with Gasteiger partial charge in [0.2, 0.25) is 16.0 Å². The van der Waals surface area contributed by atoms with Crippen LogP contribution in [0.2, 0.25) is 0 Å². The zero-order chi connectivity index (χ0) is 22.3. The Morgan fingerprint density at radius 3 is 2.41 bits per heavy atom. The highest BCUT2D eigenvalue weighted by molar-refractivity contribution is 7.89. The average Bonchev–Trinajstić information content (AvgIpc) is 2.83. The van der Waals surface area contributed by atoms with Crippen molar-refractivity contribution in [2.45, 2.75) is 17.9 Å². The van der Waals surface area contributed by atoms with Crippen molar-refractivity contribution in [3.8, 4) is 5.69 Å². The molecule has 0 atom stereocenters. The van der Waals surface area contributed by atoms with Crippen LogP contribution in [0.15, 0.2) is 82.5 Å². The third-order valence-electron chi connectivity index (χ3n) is 5.80. The molecular formula is C24H22N4O3S. The first-order valence-electron chi connectivity index (χ1n) is 10.4. The molecule has 0 bridgehead atoms. The monoisotopic (exact) mass is 446 g/mol. The van der Waals surface area contributed by atoms with E-state index in [1.54, 1.807) is 19.2 Å². The molecule has 1 aromatic heterocycles. The summed E-state index contributed by atoms with van der Waals surface area (Å²) < 4.78 is 29.7. The second-order valence-electron chi connectivity index (χ2n) is 7.68. The van der Waals surface area contributed by atoms with Crippen LogP contribution in [0.25, 0.3) is 16.5 Å². The van der Waals surface area contributed by atoms with Crippen molar-refractivity contribution in [2.75, 3.05) is 18.9 Å². The molecular weight excluding hydrogens is 424 g/mol. The van der Waals surface area contributed by atoms with Gasteiger partial charge >= 0.3 is 0 Å². The molecule has 162 valence electrons. The van der Waals surface area contributed by atoms with Gasteiger partial charge in [-0.05, 0) is 41.5 Å². The molecule has 1 aliphatic heterocycles. The van der Waals surface area contributed by atoms with Crippen LogP contribution in [-0.2, 0) is 23.0 Å². The predicted octanol–water partition coefficient (Wildman–Crippen LogP) is 3.17. The van der Waals surface area contributed by atoms with Gasteiger partial charge in [-0.2, -0.15) is 4.31 Å². The maximum atomic E-state index is 13.4. The van der Waals surface area contributed by atoms with Gasteiger partial charge in [-0.15, -0.1) is 0 Å². The molecule has 8 heteroatoms. The van der Waals surface area contributed by atoms with Gasteiger partial charge in [0.1, 0.15) is 0 Å². The number of para-hydroxylation sites is 1. The number of anilines is 1. The van der Waals surface area contributed by atoms with E-state index in [1.807, 2.05) is 60.7 Å². The smallest absolute Gasteiger partial charge is 0.263 e. The Labute approximate surface area is 186 Å². The minimum atomic E-state index is -3.73. The van der Waals surface area contributed by atoms with E-state index in [2.05, 4.69) is 10.3 Å². The largest absolute Gasteiger partial charge is 0.358 e. The minimum absolute atomic E-state index is 0.0596. The van der Waals surface area contributed by atoms with E-state index < -0.39 is 10.0 Å². The molecule has 0 saturated heterocycles. The van der Waals surface area contributed by atoms with E-state index in [1.165, 1.54) is 8.87 Å². The SMILES string of the molecule is CNc1nc2c(c(=O)n1-c1ccccc1)CCN(S(=O)(=O)c1ccc3ccccc3c1)C2. The number of hydrogen-bond acceptors (Lipinski definition) is 5. The van der Waals surface area contributed by atoms with Crippen LogP contribution < -0.4 is 10.9 Å². The van der Waals surface area contributed by atoms with Crippen LogP contribution in [0.1, 0.15) is 11.3 Å². The topological polar surface area (TPSA) is 84.3 Å². The van der Waals surface area contributed by atoms with Gasteiger partial charge in [-0.1, -0.05) is 48.5 Å². The third kappa shape index (κ3) is 3.37. The van der Waals surface area contributed by atoms with Gasteiger partial charge < -0.3 is 5.32 Å². The summed E-state index contributed by atoms with van der Waals surface area (Å²) in [4.78, 5) is 18.1. The Hall–Kier alpha value is -3.49. The molecule has 1 aliphatic rings. The summed E-state index contributed by atoms with van der Waals surface area (Å²) >= 11 is 0. The molecule has 0 spiro atoms. The Bertz CT molecular complexity index is 1480. The zero-order valence-corrected chi connectivity index (χ0v) is 18.3. The number of fused-ring (bicyclic) bond motifs is 2. The fourth-order valence-electron chi connectivity index (χ4n) is 4.13. The minimum Gasteiger partial charge on any atom is -0.358 e. The van der Waals surface area contributed by atoms with Crippen molar-refractivity contribution < 1.29 is 8.42 Å². The summed E-state index contributed by atoms with van der Waals surface area (Å²) in [6.07, 6.45) is 0.310. The molecule has 0 radical (unpaired) electrons. The van der Waals surface area contributed by atoms with E-state index >= 15 is 0 Å². The number of sulfonamides is 1. The number of nitrogens with one attached hydrogen (secondary N) is 1. The average molecular weight is 447 g/mol. The summed E-state index contributed by atoms with van der Waals surface area (Å²) in [6, 6.07) is 22.1. The van der Waals surface area contributed by atoms with Gasteiger partial charge in [0.25, 0.3) is 5.56 Å². The lowest BCUT2D eigenvalue weighted by Crippen LogP contribution is -2.40. The quantitative estimate of drug-likeness (QED) is 0.521. The maximum absolute atomic E-state index is 13.4. The van der Waals surface area contributed by atoms with Crippen LogP contribution in [0, 0.1) is 0 Å². The lowest BCUT2D eigenvalue weighted by molar-refractivity contribution is 0.383. The third-order valence-corrected chi connectivity index (χ3v) is 7.64. The molecule has 0 unspecified atom stereocenters. The van der Waals surface area contributed by atoms with E-state index in [0.717, 1.165) is 10.8 Å². The lowest BCUT2D eigenvalue weighted by Gasteiger charge is -2.28. The standard InChI is InChI=1S/C24H22N4O3S/c1-25-24-26-22-16-27(14-13-21(22)23(29)28(24)19-9-3-2-4-10-19)32(30,31)20-12-11-17-7-5-6-8-18(17)15-20/h2-12,15H,13-14,16H2,1H3,(H,25,26). The van der Waals surface area contributed by atoms with Crippen LogP contribution in [0.4, 0.5) is 5.95 Å². The molecule has 1 N–H and O–H groups in total. The fraction of sp³-hybridized carbons (Fsp3) is 0.167. The summed E-state index contributed by atoms with van der Waals surface area (Å²) in [5.74, 6) is 0.380. The van der Waals surface area contributed by atoms with Crippen molar-refractivity contribution in [1.29, 1.82) is 0 Å². The van der Waals surface area contributed by atoms with Crippen LogP contribution >= 0.6 is 0 Å². The summed E-state index contributed by atoms with van der Waals surface area (Å²) in [5, 5.41) is 4.83. The molecule has 0 amide bonds. The number of benzene rings is 3. The van der Waals surface area contributed by atoms with Gasteiger partial charge in [0.05, 0.1) is 22.8 Å². The molecule has 32 heavy (non-hydrogen) atoms. The van der Waals surface area contributed by atoms with E-state index in [4.69, 9.17) is 0 Å². The zero-order valence-electron chi connectivity index (χ0n) is 17.5. The van der Waals surface area contributed by atoms with Crippen molar-refractivity contribution in [3.05, 3.63) is 94.4 Å². The molecule has 2 heterocycles. The van der Waals surface area contributed by atoms with Crippen LogP contribution in [0.5, 0.6) is 0 Å². The number of nitrogens with zero attached hydrogens (tertiary/aromatic N) is 3. The van der Waals surface area contributed by atoms with Crippen molar-refractivity contribution in [1.82, 2.24) is 13.9 Å². The lowest BCUT2D eigenvalue weighted by atomic mass is 10.1. The van der Waals surface area contributed by atoms with E-state index in [-0.39, 0.29) is 23.5 Å². The molecule has 0 aliphatic carbocycles. The molecule has 7 nitrogen and oxygen atoms in total. The Kier molecular flexibility index (Phi) is 5.03. The van der Waals surface area contributed by atoms with Crippen molar-refractivity contribution in [2.24, 2.45) is 0 Å². The predicted molar refractivity (Wildman–Crippen MR) is 125 cm³/mol. The Morgan fingerprint density at radius 1 is 0.938 bits per heavy atom. The van der Waals surface area contributed by atoms with Crippen molar-refractivity contribution >= 4 is 26.7 Å². The normalized spacial score (nSPS) is 14.3. The maximum Gasteiger partial charge on any atom is 0.263 e. The Morgan fingerprint density at radius 2 is 1.66 bits per heavy atom. The molecule has 0 saturated carbocycles. The molecule has 4 aromatic rings. The van der Waals surface area contributed by atoms with Crippen LogP contribution in [0.3, 0.4) is 0 Å². The van der Waals surface area contributed by atoms with Gasteiger partial charge in [0.15, 0.2) is 0 Å². The highest BCUT2D eigenvalue weighted by Gasteiger charge is 2.31. The number of rotatable bonds is 4. The van der Waals surface area contributed by atoms with Crippen LogP contribution in [-0.4, -0.2) is 35.9 Å². The first kappa shape index (κ1) is 20.4. The fourth-order valence-corrected chi connectivity index (χ4v) is 5.57. The first-order chi connectivity index (χ1) is 15.5. The van der Waals surface area contributed by atoms with Gasteiger partial charge in [-0.25, -0.2) is 18.0 Å².